The van der Waals surface area contributed by atoms with Crippen LogP contribution in [0.2, 0.25) is 0 Å². The van der Waals surface area contributed by atoms with E-state index in [0.29, 0.717) is 11.7 Å². The van der Waals surface area contributed by atoms with Crippen molar-refractivity contribution in [1.29, 1.82) is 0 Å². The van der Waals surface area contributed by atoms with Crippen LogP contribution < -0.4 is 5.73 Å². The predicted molar refractivity (Wildman–Crippen MR) is 63.1 cm³/mol. The minimum Gasteiger partial charge on any atom is -0.383 e. The minimum atomic E-state index is 0.532. The molecular formula is C11H16N2S. The van der Waals surface area contributed by atoms with Gasteiger partial charge in [0, 0.05) is 6.20 Å². The van der Waals surface area contributed by atoms with Crippen molar-refractivity contribution in [3.05, 3.63) is 29.3 Å². The van der Waals surface area contributed by atoms with Crippen LogP contribution in [0.15, 0.2) is 34.2 Å². The summed E-state index contributed by atoms with van der Waals surface area (Å²) >= 11 is 1.70. The number of rotatable bonds is 3. The fraction of sp³-hybridized carbons (Fsp3) is 0.364. The predicted octanol–water partition coefficient (Wildman–Crippen LogP) is 3.32. The molecule has 0 atom stereocenters. The highest BCUT2D eigenvalue weighted by Crippen LogP contribution is 2.33. The Labute approximate surface area is 89.6 Å². The number of nitrogens with two attached hydrogens (primary N) is 1. The van der Waals surface area contributed by atoms with Crippen LogP contribution in [0.1, 0.15) is 20.8 Å². The standard InChI is InChI=1S/C11H16N2S/c1-4-9(8(2)3)14-10-6-5-7-13-11(10)12/h4-8H,1-3H3,(H2,12,13)/b9-4-. The fourth-order valence-electron chi connectivity index (χ4n) is 1.13. The lowest BCUT2D eigenvalue weighted by Gasteiger charge is -2.10. The second-order valence-corrected chi connectivity index (χ2v) is 4.45. The lowest BCUT2D eigenvalue weighted by molar-refractivity contribution is 0.814. The zero-order chi connectivity index (χ0) is 10.6. The molecule has 0 aliphatic rings. The third kappa shape index (κ3) is 2.77. The Morgan fingerprint density at radius 3 is 2.79 bits per heavy atom. The molecule has 1 aromatic rings. The quantitative estimate of drug-likeness (QED) is 0.774. The Morgan fingerprint density at radius 2 is 2.29 bits per heavy atom. The van der Waals surface area contributed by atoms with E-state index in [1.165, 1.54) is 4.91 Å². The smallest absolute Gasteiger partial charge is 0.137 e. The normalized spacial score (nSPS) is 12.1. The van der Waals surface area contributed by atoms with Gasteiger partial charge in [-0.1, -0.05) is 31.7 Å². The Morgan fingerprint density at radius 1 is 1.57 bits per heavy atom. The highest BCUT2D eigenvalue weighted by atomic mass is 32.2. The summed E-state index contributed by atoms with van der Waals surface area (Å²) < 4.78 is 0. The number of pyridine rings is 1. The molecule has 2 N–H and O–H groups in total. The van der Waals surface area contributed by atoms with Crippen LogP contribution in [0.25, 0.3) is 0 Å². The molecule has 2 nitrogen and oxygen atoms in total. The maximum atomic E-state index is 5.76. The van der Waals surface area contributed by atoms with Gasteiger partial charge in [-0.25, -0.2) is 4.98 Å². The van der Waals surface area contributed by atoms with Crippen LogP contribution in [0.3, 0.4) is 0 Å². The van der Waals surface area contributed by atoms with Crippen molar-refractivity contribution >= 4 is 17.6 Å². The molecule has 0 amide bonds. The summed E-state index contributed by atoms with van der Waals surface area (Å²) in [5.41, 5.74) is 5.76. The van der Waals surface area contributed by atoms with Crippen molar-refractivity contribution in [1.82, 2.24) is 4.98 Å². The van der Waals surface area contributed by atoms with E-state index in [1.54, 1.807) is 18.0 Å². The Kier molecular flexibility index (Phi) is 4.01. The number of allylic oxidation sites excluding steroid dienone is 2. The van der Waals surface area contributed by atoms with Crippen LogP contribution in [-0.4, -0.2) is 4.98 Å². The number of nitrogens with zero attached hydrogens (tertiary/aromatic N) is 1. The zero-order valence-corrected chi connectivity index (χ0v) is 9.64. The van der Waals surface area contributed by atoms with E-state index in [4.69, 9.17) is 5.73 Å². The number of hydrogen-bond acceptors (Lipinski definition) is 3. The average Bonchev–Trinajstić information content (AvgIpc) is 2.16. The van der Waals surface area contributed by atoms with E-state index in [9.17, 15) is 0 Å². The van der Waals surface area contributed by atoms with E-state index in [1.807, 2.05) is 12.1 Å². The number of hydrogen-bond donors (Lipinski definition) is 1. The second-order valence-electron chi connectivity index (χ2n) is 3.33. The molecule has 0 unspecified atom stereocenters. The number of thioether (sulfide) groups is 1. The first-order valence-corrected chi connectivity index (χ1v) is 5.51. The zero-order valence-electron chi connectivity index (χ0n) is 8.82. The van der Waals surface area contributed by atoms with Gasteiger partial charge in [-0.15, -0.1) is 0 Å². The molecule has 0 fully saturated rings. The Balaban J connectivity index is 2.83. The molecule has 14 heavy (non-hydrogen) atoms. The SMILES string of the molecule is C/C=C(\Sc1cccnc1N)C(C)C. The van der Waals surface area contributed by atoms with Crippen molar-refractivity contribution in [3.63, 3.8) is 0 Å². The Bertz CT molecular complexity index is 332. The minimum absolute atomic E-state index is 0.532. The maximum absolute atomic E-state index is 5.76. The van der Waals surface area contributed by atoms with Gasteiger partial charge in [0.05, 0.1) is 4.90 Å². The molecule has 0 saturated carbocycles. The van der Waals surface area contributed by atoms with Crippen molar-refractivity contribution in [2.75, 3.05) is 5.73 Å². The number of aromatic nitrogens is 1. The highest BCUT2D eigenvalue weighted by Gasteiger charge is 2.06. The van der Waals surface area contributed by atoms with E-state index in [0.717, 1.165) is 4.90 Å². The number of anilines is 1. The first kappa shape index (κ1) is 11.1. The third-order valence-corrected chi connectivity index (χ3v) is 3.39. The largest absolute Gasteiger partial charge is 0.383 e. The summed E-state index contributed by atoms with van der Waals surface area (Å²) in [5, 5.41) is 0. The van der Waals surface area contributed by atoms with Gasteiger partial charge in [-0.2, -0.15) is 0 Å². The summed E-state index contributed by atoms with van der Waals surface area (Å²) in [4.78, 5) is 6.42. The molecular weight excluding hydrogens is 192 g/mol. The average molecular weight is 208 g/mol. The van der Waals surface area contributed by atoms with Gasteiger partial charge in [0.25, 0.3) is 0 Å². The van der Waals surface area contributed by atoms with Crippen molar-refractivity contribution in [2.24, 2.45) is 5.92 Å². The monoisotopic (exact) mass is 208 g/mol. The molecule has 0 saturated heterocycles. The molecule has 1 aromatic heterocycles. The van der Waals surface area contributed by atoms with E-state index < -0.39 is 0 Å². The van der Waals surface area contributed by atoms with Crippen molar-refractivity contribution in [3.8, 4) is 0 Å². The topological polar surface area (TPSA) is 38.9 Å². The van der Waals surface area contributed by atoms with Gasteiger partial charge >= 0.3 is 0 Å². The summed E-state index contributed by atoms with van der Waals surface area (Å²) in [6.45, 7) is 6.40. The van der Waals surface area contributed by atoms with Crippen LogP contribution in [-0.2, 0) is 0 Å². The highest BCUT2D eigenvalue weighted by molar-refractivity contribution is 8.03. The molecule has 76 valence electrons. The fourth-order valence-corrected chi connectivity index (χ4v) is 2.04. The summed E-state index contributed by atoms with van der Waals surface area (Å²) in [5.74, 6) is 1.14. The van der Waals surface area contributed by atoms with Gasteiger partial charge < -0.3 is 5.73 Å². The second kappa shape index (κ2) is 5.05. The van der Waals surface area contributed by atoms with Crippen LogP contribution in [0, 0.1) is 5.92 Å². The van der Waals surface area contributed by atoms with E-state index in [2.05, 4.69) is 31.8 Å². The van der Waals surface area contributed by atoms with Crippen molar-refractivity contribution < 1.29 is 0 Å². The lowest BCUT2D eigenvalue weighted by Crippen LogP contribution is -1.94. The maximum Gasteiger partial charge on any atom is 0.137 e. The molecule has 1 heterocycles. The molecule has 1 rings (SSSR count). The molecule has 0 spiro atoms. The third-order valence-electron chi connectivity index (χ3n) is 1.88. The van der Waals surface area contributed by atoms with Gasteiger partial charge in [-0.3, -0.25) is 0 Å². The van der Waals surface area contributed by atoms with Gasteiger partial charge in [0.15, 0.2) is 0 Å². The van der Waals surface area contributed by atoms with Crippen LogP contribution >= 0.6 is 11.8 Å². The first-order chi connectivity index (χ1) is 6.65. The van der Waals surface area contributed by atoms with Crippen LogP contribution in [0.4, 0.5) is 5.82 Å². The number of nitrogen functional groups attached to an aromatic ring is 1. The molecule has 0 aliphatic carbocycles. The van der Waals surface area contributed by atoms with Crippen molar-refractivity contribution in [2.45, 2.75) is 25.7 Å². The van der Waals surface area contributed by atoms with E-state index >= 15 is 0 Å². The summed E-state index contributed by atoms with van der Waals surface area (Å²) in [7, 11) is 0. The molecule has 0 aromatic carbocycles. The summed E-state index contributed by atoms with van der Waals surface area (Å²) in [6.07, 6.45) is 3.84. The molecule has 0 aliphatic heterocycles. The molecule has 3 heteroatoms. The lowest BCUT2D eigenvalue weighted by atomic mass is 10.2. The molecule has 0 bridgehead atoms. The summed E-state index contributed by atoms with van der Waals surface area (Å²) in [6, 6.07) is 3.91. The first-order valence-electron chi connectivity index (χ1n) is 4.69. The molecule has 0 radical (unpaired) electrons. The van der Waals surface area contributed by atoms with Gasteiger partial charge in [0.1, 0.15) is 5.82 Å². The Hall–Kier alpha value is -0.960. The van der Waals surface area contributed by atoms with Gasteiger partial charge in [0.2, 0.25) is 0 Å². The van der Waals surface area contributed by atoms with Gasteiger partial charge in [-0.05, 0) is 29.9 Å². The van der Waals surface area contributed by atoms with E-state index in [-0.39, 0.29) is 0 Å². The van der Waals surface area contributed by atoms with Crippen LogP contribution in [0.5, 0.6) is 0 Å².